The van der Waals surface area contributed by atoms with Gasteiger partial charge in [-0.15, -0.1) is 0 Å². The fraction of sp³-hybridized carbons (Fsp3) is 0.429. The molecule has 0 atom stereocenters. The summed E-state index contributed by atoms with van der Waals surface area (Å²) in [6.07, 6.45) is 5.67. The zero-order chi connectivity index (χ0) is 14.5. The maximum absolute atomic E-state index is 10.4. The highest BCUT2D eigenvalue weighted by molar-refractivity contribution is 5.61. The highest BCUT2D eigenvalue weighted by Gasteiger charge is 2.23. The van der Waals surface area contributed by atoms with Gasteiger partial charge in [0.25, 0.3) is 0 Å². The number of nitrogens with zero attached hydrogens (tertiary/aromatic N) is 1. The third-order valence-corrected chi connectivity index (χ3v) is 3.21. The molecule has 108 valence electrons. The molecule has 0 unspecified atom stereocenters. The lowest BCUT2D eigenvalue weighted by Gasteiger charge is -2.28. The summed E-state index contributed by atoms with van der Waals surface area (Å²) in [6, 6.07) is 3.38. The summed E-state index contributed by atoms with van der Waals surface area (Å²) in [4.78, 5) is 9.86. The van der Waals surface area contributed by atoms with E-state index in [9.17, 15) is 10.1 Å². The fourth-order valence-corrected chi connectivity index (χ4v) is 1.91. The maximum Gasteiger partial charge on any atom is 0.235 e. The second kappa shape index (κ2) is 6.27. The highest BCUT2D eigenvalue weighted by Crippen LogP contribution is 2.41. The molecule has 1 saturated carbocycles. The molecule has 0 radical (unpaired) electrons. The van der Waals surface area contributed by atoms with E-state index >= 15 is 0 Å². The Morgan fingerprint density at radius 3 is 2.25 bits per heavy atom. The Balaban J connectivity index is 2.32. The van der Waals surface area contributed by atoms with Crippen LogP contribution in [0.2, 0.25) is 0 Å². The lowest BCUT2D eigenvalue weighted by atomic mass is 9.96. The van der Waals surface area contributed by atoms with Crippen molar-refractivity contribution in [1.82, 2.24) is 0 Å². The second-order valence-corrected chi connectivity index (χ2v) is 4.53. The fourth-order valence-electron chi connectivity index (χ4n) is 1.91. The summed E-state index contributed by atoms with van der Waals surface area (Å²) in [7, 11) is 3.06. The van der Waals surface area contributed by atoms with Gasteiger partial charge in [-0.2, -0.15) is 0 Å². The first-order chi connectivity index (χ1) is 9.63. The number of rotatable bonds is 6. The van der Waals surface area contributed by atoms with Gasteiger partial charge in [-0.25, -0.2) is 0 Å². The predicted molar refractivity (Wildman–Crippen MR) is 73.8 cm³/mol. The van der Waals surface area contributed by atoms with Crippen LogP contribution in [0.1, 0.15) is 24.8 Å². The van der Waals surface area contributed by atoms with E-state index in [1.54, 1.807) is 12.1 Å². The van der Waals surface area contributed by atoms with Crippen molar-refractivity contribution < 1.29 is 19.1 Å². The van der Waals surface area contributed by atoms with E-state index in [4.69, 9.17) is 14.2 Å². The molecule has 6 heteroatoms. The van der Waals surface area contributed by atoms with Crippen molar-refractivity contribution in [2.24, 2.45) is 0 Å². The molecular formula is C14H17NO5. The summed E-state index contributed by atoms with van der Waals surface area (Å²) in [6.45, 7) is 0. The first kappa shape index (κ1) is 14.2. The largest absolute Gasteiger partial charge is 0.493 e. The van der Waals surface area contributed by atoms with Crippen LogP contribution in [0.15, 0.2) is 18.3 Å². The smallest absolute Gasteiger partial charge is 0.235 e. The van der Waals surface area contributed by atoms with Gasteiger partial charge in [0.1, 0.15) is 0 Å². The zero-order valence-corrected chi connectivity index (χ0v) is 11.5. The predicted octanol–water partition coefficient (Wildman–Crippen LogP) is 2.88. The van der Waals surface area contributed by atoms with Crippen LogP contribution in [-0.4, -0.2) is 25.2 Å². The Kier molecular flexibility index (Phi) is 4.45. The summed E-state index contributed by atoms with van der Waals surface area (Å²) in [5.74, 6) is 1.58. The van der Waals surface area contributed by atoms with Crippen molar-refractivity contribution in [3.05, 3.63) is 34.0 Å². The molecule has 2 rings (SSSR count). The lowest BCUT2D eigenvalue weighted by Crippen LogP contribution is -2.25. The normalized spacial score (nSPS) is 14.9. The number of methoxy groups -OCH3 is 2. The molecular weight excluding hydrogens is 262 g/mol. The molecule has 1 aliphatic carbocycles. The summed E-state index contributed by atoms with van der Waals surface area (Å²) in [5, 5.41) is 10.4. The maximum atomic E-state index is 10.4. The number of nitro groups is 1. The molecule has 0 amide bonds. The Hall–Kier alpha value is -2.24. The van der Waals surface area contributed by atoms with E-state index in [2.05, 4.69) is 0 Å². The topological polar surface area (TPSA) is 70.8 Å². The van der Waals surface area contributed by atoms with E-state index in [0.717, 1.165) is 19.0 Å². The van der Waals surface area contributed by atoms with Crippen molar-refractivity contribution in [3.63, 3.8) is 0 Å². The molecule has 0 aliphatic heterocycles. The minimum Gasteiger partial charge on any atom is -0.493 e. The van der Waals surface area contributed by atoms with Crippen molar-refractivity contribution in [1.29, 1.82) is 0 Å². The van der Waals surface area contributed by atoms with Gasteiger partial charge in [-0.1, -0.05) is 0 Å². The summed E-state index contributed by atoms with van der Waals surface area (Å²) < 4.78 is 16.5. The van der Waals surface area contributed by atoms with Crippen LogP contribution >= 0.6 is 0 Å². The first-order valence-corrected chi connectivity index (χ1v) is 6.38. The number of ether oxygens (including phenoxy) is 3. The third-order valence-electron chi connectivity index (χ3n) is 3.21. The van der Waals surface area contributed by atoms with E-state index < -0.39 is 4.92 Å². The molecule has 0 saturated heterocycles. The Bertz CT molecular complexity index is 497. The van der Waals surface area contributed by atoms with Crippen LogP contribution in [0.4, 0.5) is 0 Å². The van der Waals surface area contributed by atoms with Crippen LogP contribution in [0.3, 0.4) is 0 Å². The zero-order valence-electron chi connectivity index (χ0n) is 11.5. The van der Waals surface area contributed by atoms with Crippen molar-refractivity contribution in [2.45, 2.75) is 25.4 Å². The molecule has 1 aromatic carbocycles. The van der Waals surface area contributed by atoms with Crippen LogP contribution in [-0.2, 0) is 0 Å². The quantitative estimate of drug-likeness (QED) is 0.591. The van der Waals surface area contributed by atoms with Gasteiger partial charge >= 0.3 is 0 Å². The van der Waals surface area contributed by atoms with Crippen LogP contribution in [0.5, 0.6) is 17.2 Å². The van der Waals surface area contributed by atoms with Crippen molar-refractivity contribution in [2.75, 3.05) is 14.2 Å². The molecule has 0 aromatic heterocycles. The molecule has 0 N–H and O–H groups in total. The van der Waals surface area contributed by atoms with Gasteiger partial charge in [0.15, 0.2) is 11.5 Å². The Morgan fingerprint density at radius 2 is 1.85 bits per heavy atom. The second-order valence-electron chi connectivity index (χ2n) is 4.53. The first-order valence-electron chi connectivity index (χ1n) is 6.38. The standard InChI is InChI=1S/C14H17NO5/c1-18-12-8-10(6-7-15(16)17)9-13(19-2)14(12)20-11-4-3-5-11/h6-9,11H,3-5H2,1-2H3. The van der Waals surface area contributed by atoms with E-state index in [1.807, 2.05) is 0 Å². The monoisotopic (exact) mass is 279 g/mol. The Morgan fingerprint density at radius 1 is 1.25 bits per heavy atom. The van der Waals surface area contributed by atoms with Crippen molar-refractivity contribution in [3.8, 4) is 17.2 Å². The number of hydrogen-bond donors (Lipinski definition) is 0. The molecule has 20 heavy (non-hydrogen) atoms. The van der Waals surface area contributed by atoms with Crippen LogP contribution in [0, 0.1) is 10.1 Å². The van der Waals surface area contributed by atoms with Gasteiger partial charge in [0.2, 0.25) is 11.9 Å². The van der Waals surface area contributed by atoms with E-state index in [-0.39, 0.29) is 6.10 Å². The van der Waals surface area contributed by atoms with Crippen molar-refractivity contribution >= 4 is 6.08 Å². The minimum atomic E-state index is -0.516. The van der Waals surface area contributed by atoms with Crippen LogP contribution in [0.25, 0.3) is 6.08 Å². The number of hydrogen-bond acceptors (Lipinski definition) is 5. The van der Waals surface area contributed by atoms with E-state index in [0.29, 0.717) is 22.8 Å². The molecule has 1 fully saturated rings. The lowest BCUT2D eigenvalue weighted by molar-refractivity contribution is -0.400. The minimum absolute atomic E-state index is 0.193. The summed E-state index contributed by atoms with van der Waals surface area (Å²) in [5.41, 5.74) is 0.622. The molecule has 1 aromatic rings. The molecule has 0 spiro atoms. The van der Waals surface area contributed by atoms with Gasteiger partial charge < -0.3 is 14.2 Å². The average Bonchev–Trinajstić information content (AvgIpc) is 2.40. The average molecular weight is 279 g/mol. The Labute approximate surface area is 117 Å². The van der Waals surface area contributed by atoms with Crippen LogP contribution < -0.4 is 14.2 Å². The molecule has 0 heterocycles. The van der Waals surface area contributed by atoms with Gasteiger partial charge in [0, 0.05) is 6.08 Å². The molecule has 0 bridgehead atoms. The molecule has 1 aliphatic rings. The van der Waals surface area contributed by atoms with E-state index in [1.165, 1.54) is 26.7 Å². The molecule has 6 nitrogen and oxygen atoms in total. The highest BCUT2D eigenvalue weighted by atomic mass is 16.6. The third kappa shape index (κ3) is 3.20. The van der Waals surface area contributed by atoms with Gasteiger partial charge in [-0.05, 0) is 37.0 Å². The SMILES string of the molecule is COc1cc(C=C[N+](=O)[O-])cc(OC)c1OC1CCC1. The summed E-state index contributed by atoms with van der Waals surface area (Å²) >= 11 is 0. The van der Waals surface area contributed by atoms with Gasteiger partial charge in [0.05, 0.1) is 25.2 Å². The number of benzene rings is 1. The van der Waals surface area contributed by atoms with Gasteiger partial charge in [-0.3, -0.25) is 10.1 Å².